The summed E-state index contributed by atoms with van der Waals surface area (Å²) in [5.74, 6) is -0.634. The Bertz CT molecular complexity index is 474. The molecule has 0 heterocycles. The smallest absolute Gasteiger partial charge is 0.330 e. The van der Waals surface area contributed by atoms with Gasteiger partial charge in [-0.05, 0) is 57.6 Å². The van der Waals surface area contributed by atoms with E-state index in [-0.39, 0.29) is 5.78 Å². The lowest BCUT2D eigenvalue weighted by Crippen LogP contribution is -2.00. The van der Waals surface area contributed by atoms with Gasteiger partial charge < -0.3 is 4.74 Å². The molecule has 0 unspecified atom stereocenters. The second-order valence-corrected chi connectivity index (χ2v) is 7.62. The van der Waals surface area contributed by atoms with E-state index >= 15 is 0 Å². The summed E-state index contributed by atoms with van der Waals surface area (Å²) in [5, 5.41) is 0. The number of ether oxygens (including phenoxy) is 1. The maximum Gasteiger partial charge on any atom is 0.330 e. The highest BCUT2D eigenvalue weighted by atomic mass is 16.5. The van der Waals surface area contributed by atoms with E-state index in [1.807, 2.05) is 6.08 Å². The topological polar surface area (TPSA) is 43.4 Å². The zero-order valence-corrected chi connectivity index (χ0v) is 19.0. The van der Waals surface area contributed by atoms with Gasteiger partial charge in [0, 0.05) is 6.08 Å². The highest BCUT2D eigenvalue weighted by Crippen LogP contribution is 2.10. The van der Waals surface area contributed by atoms with Gasteiger partial charge >= 0.3 is 5.97 Å². The van der Waals surface area contributed by atoms with Crippen LogP contribution >= 0.6 is 0 Å². The minimum atomic E-state index is -0.470. The summed E-state index contributed by atoms with van der Waals surface area (Å²) in [6.07, 6.45) is 29.8. The molecule has 0 amide bonds. The zero-order chi connectivity index (χ0) is 21.4. The van der Waals surface area contributed by atoms with Crippen LogP contribution in [0, 0.1) is 0 Å². The molecule has 0 rings (SSSR count). The van der Waals surface area contributed by atoms with Crippen molar-refractivity contribution in [3.63, 3.8) is 0 Å². The van der Waals surface area contributed by atoms with Crippen molar-refractivity contribution in [2.24, 2.45) is 0 Å². The van der Waals surface area contributed by atoms with Crippen molar-refractivity contribution in [3.8, 4) is 0 Å². The Morgan fingerprint density at radius 1 is 0.586 bits per heavy atom. The average molecular weight is 405 g/mol. The van der Waals surface area contributed by atoms with Crippen LogP contribution in [-0.2, 0) is 14.3 Å². The number of rotatable bonds is 20. The van der Waals surface area contributed by atoms with Crippen LogP contribution in [0.1, 0.15) is 110 Å². The monoisotopic (exact) mass is 404 g/mol. The van der Waals surface area contributed by atoms with Crippen molar-refractivity contribution in [1.29, 1.82) is 0 Å². The Kier molecular flexibility index (Phi) is 21.4. The second-order valence-electron chi connectivity index (χ2n) is 7.62. The van der Waals surface area contributed by atoms with Gasteiger partial charge in [0.05, 0.1) is 6.61 Å². The van der Waals surface area contributed by atoms with Crippen molar-refractivity contribution >= 4 is 11.8 Å². The van der Waals surface area contributed by atoms with Crippen LogP contribution in [-0.4, -0.2) is 18.4 Å². The van der Waals surface area contributed by atoms with E-state index < -0.39 is 5.97 Å². The zero-order valence-electron chi connectivity index (χ0n) is 19.0. The Morgan fingerprint density at radius 2 is 1.07 bits per heavy atom. The van der Waals surface area contributed by atoms with E-state index in [9.17, 15) is 9.59 Å². The SMILES string of the molecule is CCCCCCCC/C=C\CCCCCCCC/C=C/C(=O)/C=C/C(=O)OCC. The van der Waals surface area contributed by atoms with Gasteiger partial charge in [0.25, 0.3) is 0 Å². The molecule has 0 atom stereocenters. The Labute approximate surface area is 179 Å². The van der Waals surface area contributed by atoms with Gasteiger partial charge in [-0.3, -0.25) is 4.79 Å². The third-order valence-electron chi connectivity index (χ3n) is 4.83. The van der Waals surface area contributed by atoms with Crippen molar-refractivity contribution < 1.29 is 14.3 Å². The first-order valence-electron chi connectivity index (χ1n) is 11.9. The number of esters is 1. The fraction of sp³-hybridized carbons (Fsp3) is 0.692. The first-order chi connectivity index (χ1) is 14.2. The van der Waals surface area contributed by atoms with Crippen LogP contribution in [0.4, 0.5) is 0 Å². The Morgan fingerprint density at radius 3 is 1.59 bits per heavy atom. The Hall–Kier alpha value is -1.64. The molecule has 0 N–H and O–H groups in total. The maximum absolute atomic E-state index is 11.5. The minimum absolute atomic E-state index is 0.164. The molecule has 3 heteroatoms. The lowest BCUT2D eigenvalue weighted by atomic mass is 10.1. The van der Waals surface area contributed by atoms with E-state index in [1.54, 1.807) is 6.92 Å². The van der Waals surface area contributed by atoms with E-state index in [2.05, 4.69) is 19.1 Å². The third kappa shape index (κ3) is 22.5. The maximum atomic E-state index is 11.5. The largest absolute Gasteiger partial charge is 0.463 e. The van der Waals surface area contributed by atoms with E-state index in [0.29, 0.717) is 6.61 Å². The fourth-order valence-corrected chi connectivity index (χ4v) is 3.11. The molecule has 0 aliphatic carbocycles. The summed E-state index contributed by atoms with van der Waals surface area (Å²) in [4.78, 5) is 22.6. The molecule has 0 aromatic heterocycles. The van der Waals surface area contributed by atoms with Crippen LogP contribution in [0.25, 0.3) is 0 Å². The summed E-state index contributed by atoms with van der Waals surface area (Å²) >= 11 is 0. The minimum Gasteiger partial charge on any atom is -0.463 e. The summed E-state index contributed by atoms with van der Waals surface area (Å²) in [6, 6.07) is 0. The number of unbranched alkanes of at least 4 members (excludes halogenated alkanes) is 13. The normalized spacial score (nSPS) is 11.8. The van der Waals surface area contributed by atoms with E-state index in [1.165, 1.54) is 102 Å². The van der Waals surface area contributed by atoms with Crippen LogP contribution in [0.15, 0.2) is 36.5 Å². The lowest BCUT2D eigenvalue weighted by molar-refractivity contribution is -0.137. The van der Waals surface area contributed by atoms with Gasteiger partial charge in [0.2, 0.25) is 0 Å². The first kappa shape index (κ1) is 27.4. The van der Waals surface area contributed by atoms with Gasteiger partial charge in [-0.25, -0.2) is 4.79 Å². The highest BCUT2D eigenvalue weighted by molar-refractivity contribution is 6.02. The van der Waals surface area contributed by atoms with Crippen LogP contribution in [0.5, 0.6) is 0 Å². The van der Waals surface area contributed by atoms with E-state index in [0.717, 1.165) is 12.8 Å². The van der Waals surface area contributed by atoms with Crippen molar-refractivity contribution in [3.05, 3.63) is 36.5 Å². The number of carbonyl (C=O) groups is 2. The van der Waals surface area contributed by atoms with Gasteiger partial charge in [0.15, 0.2) is 5.78 Å². The number of carbonyl (C=O) groups excluding carboxylic acids is 2. The number of hydrogen-bond acceptors (Lipinski definition) is 3. The second kappa shape index (κ2) is 22.6. The van der Waals surface area contributed by atoms with Crippen LogP contribution in [0.2, 0.25) is 0 Å². The average Bonchev–Trinajstić information content (AvgIpc) is 2.71. The summed E-state index contributed by atoms with van der Waals surface area (Å²) in [7, 11) is 0. The standard InChI is InChI=1S/C26H44O3/c1-3-5-6-7-8-9-10-11-12-13-14-15-16-17-18-19-20-21-22-25(27)23-24-26(28)29-4-2/h11-12,21-24H,3-10,13-20H2,1-2H3/b12-11-,22-21+,24-23+. The molecule has 0 aliphatic heterocycles. The summed E-state index contributed by atoms with van der Waals surface area (Å²) in [5.41, 5.74) is 0. The van der Waals surface area contributed by atoms with Crippen LogP contribution < -0.4 is 0 Å². The fourth-order valence-electron chi connectivity index (χ4n) is 3.11. The number of allylic oxidation sites excluding steroid dienone is 5. The van der Waals surface area contributed by atoms with Crippen molar-refractivity contribution in [1.82, 2.24) is 0 Å². The molecule has 0 aromatic rings. The summed E-state index contributed by atoms with van der Waals surface area (Å²) < 4.78 is 4.73. The quantitative estimate of drug-likeness (QED) is 0.0905. The molecule has 166 valence electrons. The lowest BCUT2D eigenvalue weighted by Gasteiger charge is -2.00. The predicted molar refractivity (Wildman–Crippen MR) is 124 cm³/mol. The van der Waals surface area contributed by atoms with Gasteiger partial charge in [0.1, 0.15) is 0 Å². The molecule has 0 fully saturated rings. The molecule has 0 radical (unpaired) electrons. The van der Waals surface area contributed by atoms with Crippen molar-refractivity contribution in [2.75, 3.05) is 6.61 Å². The molecule has 0 saturated carbocycles. The van der Waals surface area contributed by atoms with E-state index in [4.69, 9.17) is 4.74 Å². The van der Waals surface area contributed by atoms with Crippen molar-refractivity contribution in [2.45, 2.75) is 110 Å². The molecule has 0 aliphatic rings. The Balaban J connectivity index is 3.37. The predicted octanol–water partition coefficient (Wildman–Crippen LogP) is 7.66. The highest BCUT2D eigenvalue weighted by Gasteiger charge is 1.95. The van der Waals surface area contributed by atoms with Gasteiger partial charge in [-0.2, -0.15) is 0 Å². The molecular formula is C26H44O3. The molecule has 29 heavy (non-hydrogen) atoms. The molecule has 0 saturated heterocycles. The van der Waals surface area contributed by atoms with Gasteiger partial charge in [-0.15, -0.1) is 0 Å². The molecule has 0 aromatic carbocycles. The summed E-state index contributed by atoms with van der Waals surface area (Å²) in [6.45, 7) is 4.33. The molecule has 0 spiro atoms. The number of ketones is 1. The molecule has 0 bridgehead atoms. The third-order valence-corrected chi connectivity index (χ3v) is 4.83. The first-order valence-corrected chi connectivity index (χ1v) is 11.9. The number of hydrogen-bond donors (Lipinski definition) is 0. The van der Waals surface area contributed by atoms with Crippen LogP contribution in [0.3, 0.4) is 0 Å². The molecule has 3 nitrogen and oxygen atoms in total. The molecular weight excluding hydrogens is 360 g/mol. The van der Waals surface area contributed by atoms with Gasteiger partial charge in [-0.1, -0.05) is 82.9 Å².